The van der Waals surface area contributed by atoms with Gasteiger partial charge in [0.25, 0.3) is 0 Å². The summed E-state index contributed by atoms with van der Waals surface area (Å²) in [6.45, 7) is 16.5. The second-order valence-corrected chi connectivity index (χ2v) is 26.6. The first kappa shape index (κ1) is 39.1. The first-order valence-electron chi connectivity index (χ1n) is 17.5. The molecule has 0 radical (unpaired) electrons. The van der Waals surface area contributed by atoms with E-state index in [2.05, 4.69) is 147 Å². The van der Waals surface area contributed by atoms with E-state index in [4.69, 9.17) is 0 Å². The lowest BCUT2D eigenvalue weighted by atomic mass is 9.86. The lowest BCUT2D eigenvalue weighted by Gasteiger charge is -2.50. The summed E-state index contributed by atoms with van der Waals surface area (Å²) in [6, 6.07) is 0. The molecule has 0 nitrogen and oxygen atoms in total. The maximum absolute atomic E-state index is 3.98. The largest absolute Gasteiger partial charge is 0.144 e. The van der Waals surface area contributed by atoms with E-state index in [0.717, 1.165) is 17.8 Å². The molecule has 4 saturated heterocycles. The minimum absolute atomic E-state index is 0.302. The molecule has 8 heteroatoms. The molecule has 0 aromatic rings. The molecule has 0 amide bonds. The Morgan fingerprint density at radius 2 is 1.11 bits per heavy atom. The predicted molar refractivity (Wildman–Crippen MR) is 223 cm³/mol. The molecular weight excluding hydrogens is 689 g/mol. The maximum Gasteiger partial charge on any atom is 0.0794 e. The predicted octanol–water partition coefficient (Wildman–Crippen LogP) is 13.4. The highest BCUT2D eigenvalue weighted by Crippen LogP contribution is 2.62. The fourth-order valence-corrected chi connectivity index (χ4v) is 22.0. The van der Waals surface area contributed by atoms with Crippen LogP contribution in [0.3, 0.4) is 0 Å². The molecular formula is C36H62S8. The van der Waals surface area contributed by atoms with Crippen molar-refractivity contribution < 1.29 is 0 Å². The number of rotatable bonds is 16. The third kappa shape index (κ3) is 11.1. The van der Waals surface area contributed by atoms with Crippen molar-refractivity contribution in [3.63, 3.8) is 0 Å². The molecule has 254 valence electrons. The van der Waals surface area contributed by atoms with E-state index in [0.29, 0.717) is 16.3 Å². The van der Waals surface area contributed by atoms with Crippen LogP contribution < -0.4 is 0 Å². The van der Waals surface area contributed by atoms with Crippen molar-refractivity contribution in [3.8, 4) is 0 Å². The van der Waals surface area contributed by atoms with Crippen LogP contribution in [0.4, 0.5) is 0 Å². The van der Waals surface area contributed by atoms with Crippen LogP contribution in [0.5, 0.6) is 0 Å². The Bertz CT molecular complexity index is 875. The van der Waals surface area contributed by atoms with E-state index < -0.39 is 0 Å². The van der Waals surface area contributed by atoms with Crippen molar-refractivity contribution in [2.75, 3.05) is 46.0 Å². The van der Waals surface area contributed by atoms with Crippen LogP contribution in [-0.4, -0.2) is 62.3 Å². The van der Waals surface area contributed by atoms with Gasteiger partial charge in [0.1, 0.15) is 0 Å². The van der Waals surface area contributed by atoms with E-state index in [-0.39, 0.29) is 0 Å². The van der Waals surface area contributed by atoms with Gasteiger partial charge >= 0.3 is 0 Å². The second-order valence-electron chi connectivity index (χ2n) is 14.0. The van der Waals surface area contributed by atoms with Gasteiger partial charge in [-0.1, -0.05) is 44.9 Å². The average Bonchev–Trinajstić information content (AvgIpc) is 3.02. The Morgan fingerprint density at radius 3 is 1.64 bits per heavy atom. The molecule has 4 fully saturated rings. The van der Waals surface area contributed by atoms with Crippen LogP contribution in [0.15, 0.2) is 24.3 Å². The van der Waals surface area contributed by atoms with Gasteiger partial charge in [-0.3, -0.25) is 0 Å². The Hall–Kier alpha value is 2.28. The third-order valence-corrected chi connectivity index (χ3v) is 24.2. The van der Waals surface area contributed by atoms with Gasteiger partial charge in [0.2, 0.25) is 0 Å². The first-order valence-corrected chi connectivity index (χ1v) is 25.4. The van der Waals surface area contributed by atoms with Crippen LogP contribution in [0.2, 0.25) is 0 Å². The zero-order chi connectivity index (χ0) is 31.5. The molecule has 0 saturated carbocycles. The van der Waals surface area contributed by atoms with E-state index in [1.807, 2.05) is 0 Å². The monoisotopic (exact) mass is 750 g/mol. The van der Waals surface area contributed by atoms with E-state index in [1.165, 1.54) is 129 Å². The summed E-state index contributed by atoms with van der Waals surface area (Å²) in [5.74, 6) is 13.1. The molecule has 4 aliphatic heterocycles. The van der Waals surface area contributed by atoms with Crippen molar-refractivity contribution in [1.29, 1.82) is 0 Å². The Labute approximate surface area is 307 Å². The van der Waals surface area contributed by atoms with Gasteiger partial charge in [-0.25, -0.2) is 0 Å². The number of thioether (sulfide) groups is 8. The van der Waals surface area contributed by atoms with Crippen molar-refractivity contribution >= 4 is 94.1 Å². The molecule has 0 aromatic heterocycles. The highest BCUT2D eigenvalue weighted by molar-refractivity contribution is 8.20. The van der Waals surface area contributed by atoms with Gasteiger partial charge in [0, 0.05) is 0 Å². The van der Waals surface area contributed by atoms with Crippen LogP contribution in [0, 0.1) is 17.8 Å². The topological polar surface area (TPSA) is 0 Å². The first-order chi connectivity index (χ1) is 21.2. The zero-order valence-electron chi connectivity index (χ0n) is 28.5. The molecule has 0 aromatic carbocycles. The molecule has 0 N–H and O–H groups in total. The summed E-state index contributed by atoms with van der Waals surface area (Å²) in [7, 11) is 0. The Morgan fingerprint density at radius 1 is 0.636 bits per heavy atom. The van der Waals surface area contributed by atoms with Crippen molar-refractivity contribution in [2.45, 2.75) is 128 Å². The molecule has 0 unspecified atom stereocenters. The molecule has 4 heterocycles. The summed E-state index contributed by atoms with van der Waals surface area (Å²) >= 11 is 18.7. The molecule has 44 heavy (non-hydrogen) atoms. The Kier molecular flexibility index (Phi) is 16.9. The van der Waals surface area contributed by atoms with Gasteiger partial charge in [0.05, 0.1) is 16.3 Å². The van der Waals surface area contributed by atoms with Crippen LogP contribution in [0.25, 0.3) is 0 Å². The molecule has 4 aliphatic rings. The molecule has 0 spiro atoms. The average molecular weight is 751 g/mol. The number of unbranched alkanes of at least 4 members (excludes halogenated alkanes) is 1. The maximum atomic E-state index is 3.98. The zero-order valence-corrected chi connectivity index (χ0v) is 35.0. The standard InChI is InChI=1S/C36H62S8/c1-7-8-9-14-30(4)26-35(41-21-12-22-42-35)32(6)28-36(43-23-13-24-44-36)31(5)27-34(39-19-11-20-40-34)16-15-33(25-29(2)3)37-17-10-18-38-33/h7,25,30-32H,1,8-24,26-28H2,2-6H3/t30-,31+,32+/m0/s1. The molecule has 4 rings (SSSR count). The van der Waals surface area contributed by atoms with Gasteiger partial charge in [-0.2, -0.15) is 0 Å². The van der Waals surface area contributed by atoms with Crippen LogP contribution >= 0.6 is 94.1 Å². The normalized spacial score (nSPS) is 26.7. The van der Waals surface area contributed by atoms with E-state index in [1.54, 1.807) is 0 Å². The smallest absolute Gasteiger partial charge is 0.0794 e. The quantitative estimate of drug-likeness (QED) is 0.112. The van der Waals surface area contributed by atoms with Crippen LogP contribution in [0.1, 0.15) is 112 Å². The van der Waals surface area contributed by atoms with Gasteiger partial charge in [-0.15, -0.1) is 101 Å². The summed E-state index contributed by atoms with van der Waals surface area (Å²) < 4.78 is 1.46. The van der Waals surface area contributed by atoms with Crippen LogP contribution in [-0.2, 0) is 0 Å². The second kappa shape index (κ2) is 19.0. The number of hydrogen-bond acceptors (Lipinski definition) is 8. The molecule has 3 atom stereocenters. The molecule has 0 bridgehead atoms. The number of allylic oxidation sites excluding steroid dienone is 2. The SMILES string of the molecule is C=CCCC[C@H](C)CC1([C@H](C)CC2([C@H](C)CC3(CCC4(C=C(C)C)SCCCS4)SCCCS3)SCCCS2)SCCCS1. The fourth-order valence-electron chi connectivity index (χ4n) is 7.47. The van der Waals surface area contributed by atoms with Gasteiger partial charge in [-0.05, 0) is 148 Å². The van der Waals surface area contributed by atoms with E-state index in [9.17, 15) is 0 Å². The number of hydrogen-bond donors (Lipinski definition) is 0. The van der Waals surface area contributed by atoms with Gasteiger partial charge < -0.3 is 0 Å². The third-order valence-electron chi connectivity index (χ3n) is 9.77. The summed E-state index contributed by atoms with van der Waals surface area (Å²) in [6.07, 6.45) is 21.0. The summed E-state index contributed by atoms with van der Waals surface area (Å²) in [4.78, 5) is 0. The van der Waals surface area contributed by atoms with Gasteiger partial charge in [0.15, 0.2) is 0 Å². The minimum atomic E-state index is 0.302. The highest BCUT2D eigenvalue weighted by atomic mass is 32.2. The molecule has 0 aliphatic carbocycles. The highest BCUT2D eigenvalue weighted by Gasteiger charge is 2.50. The fraction of sp³-hybridized carbons (Fsp3) is 0.889. The van der Waals surface area contributed by atoms with Crippen molar-refractivity contribution in [2.24, 2.45) is 17.8 Å². The van der Waals surface area contributed by atoms with E-state index >= 15 is 0 Å². The Balaban J connectivity index is 1.52. The minimum Gasteiger partial charge on any atom is -0.144 e. The summed E-state index contributed by atoms with van der Waals surface area (Å²) in [5, 5.41) is 0. The lowest BCUT2D eigenvalue weighted by molar-refractivity contribution is 0.336. The van der Waals surface area contributed by atoms with Crippen molar-refractivity contribution in [3.05, 3.63) is 24.3 Å². The lowest BCUT2D eigenvalue weighted by Crippen LogP contribution is -2.44. The summed E-state index contributed by atoms with van der Waals surface area (Å²) in [5.41, 5.74) is 1.50. The van der Waals surface area contributed by atoms with Crippen molar-refractivity contribution in [1.82, 2.24) is 0 Å².